The van der Waals surface area contributed by atoms with Crippen molar-refractivity contribution in [2.24, 2.45) is 0 Å². The fourth-order valence-electron chi connectivity index (χ4n) is 4.62. The lowest BCUT2D eigenvalue weighted by Gasteiger charge is -2.38. The van der Waals surface area contributed by atoms with E-state index in [1.165, 1.54) is 7.11 Å². The molecule has 0 aliphatic carbocycles. The molecule has 2 aromatic carbocycles. The lowest BCUT2D eigenvalue weighted by molar-refractivity contribution is -0.917. The number of ether oxygens (including phenoxy) is 4. The fraction of sp³-hybridized carbons (Fsp3) is 0.333. The fourth-order valence-corrected chi connectivity index (χ4v) is 4.62. The first-order chi connectivity index (χ1) is 16.3. The monoisotopic (exact) mass is 543 g/mol. The minimum Gasteiger partial charge on any atom is -1.00 e. The molecule has 2 aliphatic rings. The van der Waals surface area contributed by atoms with Gasteiger partial charge in [0.25, 0.3) is 0 Å². The molecule has 186 valence electrons. The topological polar surface area (TPSA) is 71.1 Å². The SMILES string of the molecule is COC(=O)C[N+]1(C)CCc2c(c(OC)c3c(c2C(=O)/C=C/C(C)=C/c2ccccc2)OCO3)C1.[Br-]. The highest BCUT2D eigenvalue weighted by atomic mass is 79.9. The molecule has 35 heavy (non-hydrogen) atoms. The predicted octanol–water partition coefficient (Wildman–Crippen LogP) is 0.946. The standard InChI is InChI=1S/C27H30NO6.BrH/c1-18(14-19-8-6-5-7-9-19)10-11-22(29)24-20-12-13-28(2,16-23(30)31-3)15-21(20)25(32-4)27-26(24)33-17-34-27;/h5-11,14H,12-13,15-17H2,1-4H3;1H/q+1;/p-1/b11-10+,18-14+;. The van der Waals surface area contributed by atoms with Gasteiger partial charge in [-0.15, -0.1) is 0 Å². The van der Waals surface area contributed by atoms with E-state index in [1.807, 2.05) is 56.5 Å². The first-order valence-corrected chi connectivity index (χ1v) is 11.2. The molecule has 8 heteroatoms. The molecule has 0 amide bonds. The zero-order chi connectivity index (χ0) is 24.3. The summed E-state index contributed by atoms with van der Waals surface area (Å²) in [5, 5.41) is 0. The first-order valence-electron chi connectivity index (χ1n) is 11.2. The van der Waals surface area contributed by atoms with E-state index in [0.717, 1.165) is 22.3 Å². The van der Waals surface area contributed by atoms with Crippen molar-refractivity contribution in [3.63, 3.8) is 0 Å². The van der Waals surface area contributed by atoms with E-state index in [-0.39, 0.29) is 42.1 Å². The molecular formula is C27H30BrNO6. The maximum atomic E-state index is 13.4. The summed E-state index contributed by atoms with van der Waals surface area (Å²) in [5.41, 5.74) is 4.30. The van der Waals surface area contributed by atoms with Crippen LogP contribution in [0.25, 0.3) is 6.08 Å². The number of nitrogens with zero attached hydrogens (tertiary/aromatic N) is 1. The highest BCUT2D eigenvalue weighted by Crippen LogP contribution is 2.50. The Morgan fingerprint density at radius 2 is 1.77 bits per heavy atom. The van der Waals surface area contributed by atoms with Gasteiger partial charge in [0.05, 0.1) is 38.9 Å². The van der Waals surface area contributed by atoms with Crippen LogP contribution in [-0.4, -0.2) is 57.4 Å². The van der Waals surface area contributed by atoms with Crippen molar-refractivity contribution >= 4 is 17.8 Å². The van der Waals surface area contributed by atoms with Crippen LogP contribution in [-0.2, 0) is 22.5 Å². The number of hydrogen-bond acceptors (Lipinski definition) is 6. The number of hydrogen-bond donors (Lipinski definition) is 0. The molecule has 7 nitrogen and oxygen atoms in total. The lowest BCUT2D eigenvalue weighted by atomic mass is 9.88. The summed E-state index contributed by atoms with van der Waals surface area (Å²) in [5.74, 6) is 1.02. The summed E-state index contributed by atoms with van der Waals surface area (Å²) in [6, 6.07) is 9.95. The molecule has 4 rings (SSSR count). The van der Waals surface area contributed by atoms with E-state index in [1.54, 1.807) is 13.2 Å². The average Bonchev–Trinajstić information content (AvgIpc) is 3.30. The average molecular weight is 544 g/mol. The lowest BCUT2D eigenvalue weighted by Crippen LogP contribution is -3.00. The van der Waals surface area contributed by atoms with Gasteiger partial charge in [-0.2, -0.15) is 0 Å². The van der Waals surface area contributed by atoms with Gasteiger partial charge in [0.2, 0.25) is 12.5 Å². The molecular weight excluding hydrogens is 514 g/mol. The molecule has 2 heterocycles. The third-order valence-electron chi connectivity index (χ3n) is 6.31. The minimum absolute atomic E-state index is 0. The number of quaternary nitrogens is 1. The molecule has 0 aromatic heterocycles. The molecule has 2 aliphatic heterocycles. The zero-order valence-electron chi connectivity index (χ0n) is 20.4. The maximum absolute atomic E-state index is 13.4. The minimum atomic E-state index is -0.273. The van der Waals surface area contributed by atoms with Crippen LogP contribution < -0.4 is 31.2 Å². The van der Waals surface area contributed by atoms with Crippen molar-refractivity contribution in [3.05, 3.63) is 70.3 Å². The highest BCUT2D eigenvalue weighted by molar-refractivity contribution is 6.09. The Hall–Kier alpha value is -3.10. The van der Waals surface area contributed by atoms with Gasteiger partial charge in [0.15, 0.2) is 23.8 Å². The summed E-state index contributed by atoms with van der Waals surface area (Å²) in [6.45, 7) is 3.42. The van der Waals surface area contributed by atoms with Crippen molar-refractivity contribution in [2.45, 2.75) is 19.9 Å². The number of rotatable bonds is 7. The molecule has 1 atom stereocenters. The smallest absolute Gasteiger partial charge is 0.361 e. The van der Waals surface area contributed by atoms with Crippen LogP contribution >= 0.6 is 0 Å². The number of ketones is 1. The summed E-state index contributed by atoms with van der Waals surface area (Å²) >= 11 is 0. The van der Waals surface area contributed by atoms with Crippen molar-refractivity contribution in [1.29, 1.82) is 0 Å². The van der Waals surface area contributed by atoms with Gasteiger partial charge in [-0.05, 0) is 24.1 Å². The van der Waals surface area contributed by atoms with Gasteiger partial charge in [-0.25, -0.2) is 4.79 Å². The second-order valence-electron chi connectivity index (χ2n) is 8.91. The number of methoxy groups -OCH3 is 2. The number of fused-ring (bicyclic) bond motifs is 2. The third kappa shape index (κ3) is 5.60. The van der Waals surface area contributed by atoms with Crippen LogP contribution in [0.1, 0.15) is 34.0 Å². The van der Waals surface area contributed by atoms with Crippen LogP contribution in [0.15, 0.2) is 48.1 Å². The predicted molar refractivity (Wildman–Crippen MR) is 128 cm³/mol. The highest BCUT2D eigenvalue weighted by Gasteiger charge is 2.40. The van der Waals surface area contributed by atoms with Crippen LogP contribution in [0.4, 0.5) is 0 Å². The van der Waals surface area contributed by atoms with Crippen LogP contribution in [0.2, 0.25) is 0 Å². The number of allylic oxidation sites excluding steroid dienone is 3. The number of carbonyl (C=O) groups is 2. The second-order valence-corrected chi connectivity index (χ2v) is 8.91. The van der Waals surface area contributed by atoms with E-state index in [9.17, 15) is 9.59 Å². The van der Waals surface area contributed by atoms with E-state index < -0.39 is 0 Å². The molecule has 0 saturated carbocycles. The number of halogens is 1. The first kappa shape index (κ1) is 26.5. The quantitative estimate of drug-likeness (QED) is 0.170. The summed E-state index contributed by atoms with van der Waals surface area (Å²) in [4.78, 5) is 25.5. The van der Waals surface area contributed by atoms with Gasteiger partial charge >= 0.3 is 5.97 Å². The Balaban J connectivity index is 0.00000342. The zero-order valence-corrected chi connectivity index (χ0v) is 22.0. The molecule has 0 spiro atoms. The molecule has 0 saturated heterocycles. The molecule has 0 bridgehead atoms. The maximum Gasteiger partial charge on any atom is 0.361 e. The molecule has 0 radical (unpaired) electrons. The largest absolute Gasteiger partial charge is 1.00 e. The Morgan fingerprint density at radius 1 is 1.06 bits per heavy atom. The van der Waals surface area contributed by atoms with E-state index in [0.29, 0.717) is 46.8 Å². The normalized spacial score (nSPS) is 18.6. The van der Waals surface area contributed by atoms with Crippen molar-refractivity contribution < 1.29 is 50.0 Å². The molecule has 2 aromatic rings. The van der Waals surface area contributed by atoms with Crippen molar-refractivity contribution in [2.75, 3.05) is 41.1 Å². The second kappa shape index (κ2) is 11.1. The van der Waals surface area contributed by atoms with Crippen LogP contribution in [0.5, 0.6) is 17.2 Å². The number of likely N-dealkylation sites (N-methyl/N-ethyl adjacent to an activating group) is 1. The summed E-state index contributed by atoms with van der Waals surface area (Å²) in [7, 11) is 4.97. The van der Waals surface area contributed by atoms with Gasteiger partial charge in [-0.1, -0.05) is 48.1 Å². The number of carbonyl (C=O) groups excluding carboxylic acids is 2. The number of esters is 1. The Kier molecular flexibility index (Phi) is 8.40. The Bertz CT molecular complexity index is 1170. The Morgan fingerprint density at radius 3 is 2.46 bits per heavy atom. The van der Waals surface area contributed by atoms with Gasteiger partial charge < -0.3 is 40.4 Å². The van der Waals surface area contributed by atoms with Gasteiger partial charge in [0.1, 0.15) is 6.54 Å². The van der Waals surface area contributed by atoms with Crippen LogP contribution in [0.3, 0.4) is 0 Å². The van der Waals surface area contributed by atoms with E-state index in [2.05, 4.69) is 0 Å². The Labute approximate surface area is 216 Å². The van der Waals surface area contributed by atoms with Gasteiger partial charge in [0, 0.05) is 6.42 Å². The molecule has 0 N–H and O–H groups in total. The van der Waals surface area contributed by atoms with Crippen molar-refractivity contribution in [1.82, 2.24) is 0 Å². The summed E-state index contributed by atoms with van der Waals surface area (Å²) in [6.07, 6.45) is 6.01. The summed E-state index contributed by atoms with van der Waals surface area (Å²) < 4.78 is 22.5. The third-order valence-corrected chi connectivity index (χ3v) is 6.31. The van der Waals surface area contributed by atoms with E-state index >= 15 is 0 Å². The molecule has 1 unspecified atom stereocenters. The molecule has 0 fully saturated rings. The van der Waals surface area contributed by atoms with Crippen LogP contribution in [0, 0.1) is 0 Å². The number of benzene rings is 2. The van der Waals surface area contributed by atoms with Crippen molar-refractivity contribution in [3.8, 4) is 17.2 Å². The van der Waals surface area contributed by atoms with E-state index in [4.69, 9.17) is 18.9 Å². The van der Waals surface area contributed by atoms with Gasteiger partial charge in [-0.3, -0.25) is 4.79 Å².